The van der Waals surface area contributed by atoms with Gasteiger partial charge < -0.3 is 4.98 Å². The molecule has 8 heteroatoms. The number of nitrogens with zero attached hydrogens (tertiary/aromatic N) is 4. The molecule has 3 heterocycles. The number of rotatable bonds is 2. The van der Waals surface area contributed by atoms with Crippen molar-refractivity contribution in [1.29, 1.82) is 0 Å². The second-order valence-corrected chi connectivity index (χ2v) is 4.21. The molecule has 0 aromatic carbocycles. The molecule has 0 fully saturated rings. The van der Waals surface area contributed by atoms with E-state index in [2.05, 4.69) is 20.1 Å². The first-order valence-corrected chi connectivity index (χ1v) is 5.94. The predicted octanol–water partition coefficient (Wildman–Crippen LogP) is 2.86. The molecule has 1 N–H and O–H groups in total. The zero-order chi connectivity index (χ0) is 14.3. The highest BCUT2D eigenvalue weighted by atomic mass is 19.4. The van der Waals surface area contributed by atoms with Crippen LogP contribution in [0, 0.1) is 0 Å². The van der Waals surface area contributed by atoms with Crippen LogP contribution in [0.25, 0.3) is 22.6 Å². The maximum atomic E-state index is 12.4. The molecule has 5 nitrogen and oxygen atoms in total. The van der Waals surface area contributed by atoms with Crippen LogP contribution in [0.1, 0.15) is 12.6 Å². The molecular weight excluding hydrogens is 271 g/mol. The fourth-order valence-electron chi connectivity index (χ4n) is 1.92. The number of imidazole rings is 1. The van der Waals surface area contributed by atoms with Crippen LogP contribution in [-0.4, -0.2) is 24.7 Å². The summed E-state index contributed by atoms with van der Waals surface area (Å²) in [5.74, 6) is 0.473. The maximum absolute atomic E-state index is 12.4. The largest absolute Gasteiger partial charge is 0.433 e. The maximum Gasteiger partial charge on any atom is 0.433 e. The molecule has 0 unspecified atom stereocenters. The van der Waals surface area contributed by atoms with Crippen molar-refractivity contribution in [2.45, 2.75) is 19.6 Å². The molecule has 0 aliphatic heterocycles. The van der Waals surface area contributed by atoms with Crippen LogP contribution in [0.2, 0.25) is 0 Å². The Morgan fingerprint density at radius 3 is 2.65 bits per heavy atom. The fourth-order valence-corrected chi connectivity index (χ4v) is 1.92. The van der Waals surface area contributed by atoms with Crippen molar-refractivity contribution < 1.29 is 13.2 Å². The molecule has 0 spiro atoms. The van der Waals surface area contributed by atoms with Crippen LogP contribution in [0.5, 0.6) is 0 Å². The Kier molecular flexibility index (Phi) is 2.73. The number of hydrogen-bond donors (Lipinski definition) is 1. The average Bonchev–Trinajstić information content (AvgIpc) is 2.97. The number of aromatic amines is 1. The lowest BCUT2D eigenvalue weighted by molar-refractivity contribution is -0.141. The summed E-state index contributed by atoms with van der Waals surface area (Å²) in [5.41, 5.74) is 0.984. The minimum atomic E-state index is -4.44. The first-order valence-electron chi connectivity index (χ1n) is 5.94. The molecule has 0 radical (unpaired) electrons. The molecule has 104 valence electrons. The van der Waals surface area contributed by atoms with Crippen molar-refractivity contribution >= 4 is 11.2 Å². The van der Waals surface area contributed by atoms with Gasteiger partial charge >= 0.3 is 6.18 Å². The van der Waals surface area contributed by atoms with Crippen LogP contribution < -0.4 is 0 Å². The first-order chi connectivity index (χ1) is 9.49. The fraction of sp³-hybridized carbons (Fsp3) is 0.250. The van der Waals surface area contributed by atoms with Gasteiger partial charge in [0.15, 0.2) is 5.65 Å². The van der Waals surface area contributed by atoms with Gasteiger partial charge in [-0.2, -0.15) is 18.3 Å². The third kappa shape index (κ3) is 2.02. The number of nitrogens with one attached hydrogen (secondary N) is 1. The Bertz CT molecular complexity index is 739. The minimum Gasteiger partial charge on any atom is -0.335 e. The molecular formula is C12H10F3N5. The Balaban J connectivity index is 2.00. The lowest BCUT2D eigenvalue weighted by atomic mass is 10.2. The monoisotopic (exact) mass is 281 g/mol. The van der Waals surface area contributed by atoms with E-state index in [9.17, 15) is 13.2 Å². The molecule has 0 saturated carbocycles. The number of aryl methyl sites for hydroxylation is 1. The molecule has 0 saturated heterocycles. The van der Waals surface area contributed by atoms with Crippen LogP contribution in [0.3, 0.4) is 0 Å². The summed E-state index contributed by atoms with van der Waals surface area (Å²) in [5, 5.41) is 4.11. The van der Waals surface area contributed by atoms with Gasteiger partial charge in [-0.25, -0.2) is 9.67 Å². The highest BCUT2D eigenvalue weighted by molar-refractivity contribution is 5.75. The van der Waals surface area contributed by atoms with Crippen molar-refractivity contribution in [2.24, 2.45) is 0 Å². The van der Waals surface area contributed by atoms with Gasteiger partial charge in [0.1, 0.15) is 17.0 Å². The van der Waals surface area contributed by atoms with Gasteiger partial charge in [0.2, 0.25) is 0 Å². The normalized spacial score (nSPS) is 12.2. The molecule has 3 aromatic rings. The topological polar surface area (TPSA) is 59.4 Å². The highest BCUT2D eigenvalue weighted by Gasteiger charge is 2.32. The van der Waals surface area contributed by atoms with E-state index >= 15 is 0 Å². The molecule has 0 aliphatic rings. The molecule has 3 rings (SSSR count). The van der Waals surface area contributed by atoms with Gasteiger partial charge in [0.05, 0.1) is 6.20 Å². The van der Waals surface area contributed by atoms with E-state index in [1.54, 1.807) is 10.9 Å². The number of pyridine rings is 1. The van der Waals surface area contributed by atoms with Crippen LogP contribution in [0.15, 0.2) is 24.5 Å². The van der Waals surface area contributed by atoms with Gasteiger partial charge in [-0.3, -0.25) is 4.98 Å². The van der Waals surface area contributed by atoms with Crippen molar-refractivity contribution in [2.75, 3.05) is 0 Å². The Hall–Kier alpha value is -2.38. The van der Waals surface area contributed by atoms with E-state index in [1.165, 1.54) is 6.07 Å². The molecule has 0 amide bonds. The van der Waals surface area contributed by atoms with E-state index in [1.807, 2.05) is 6.92 Å². The first kappa shape index (κ1) is 12.6. The summed E-state index contributed by atoms with van der Waals surface area (Å²) >= 11 is 0. The second-order valence-electron chi connectivity index (χ2n) is 4.21. The average molecular weight is 281 g/mol. The summed E-state index contributed by atoms with van der Waals surface area (Å²) < 4.78 is 39.0. The zero-order valence-corrected chi connectivity index (χ0v) is 10.4. The highest BCUT2D eigenvalue weighted by Crippen LogP contribution is 2.28. The third-order valence-corrected chi connectivity index (χ3v) is 2.91. The number of aromatic nitrogens is 5. The number of fused-ring (bicyclic) bond motifs is 1. The Labute approximate surface area is 111 Å². The SMILES string of the molecule is CCn1ncc2[nH]c(-c3ccc(C(F)(F)F)nc3)nc21. The van der Waals surface area contributed by atoms with Gasteiger partial charge in [-0.1, -0.05) is 0 Å². The third-order valence-electron chi connectivity index (χ3n) is 2.91. The van der Waals surface area contributed by atoms with Crippen LogP contribution >= 0.6 is 0 Å². The predicted molar refractivity (Wildman–Crippen MR) is 65.8 cm³/mol. The van der Waals surface area contributed by atoms with E-state index in [0.717, 1.165) is 17.8 Å². The number of hydrogen-bond acceptors (Lipinski definition) is 3. The summed E-state index contributed by atoms with van der Waals surface area (Å²) in [7, 11) is 0. The van der Waals surface area contributed by atoms with Gasteiger partial charge in [0, 0.05) is 18.3 Å². The standard InChI is InChI=1S/C12H10F3N5/c1-2-20-11-8(6-17-20)18-10(19-11)7-3-4-9(16-5-7)12(13,14)15/h3-6H,2H2,1H3,(H,18,19). The minimum absolute atomic E-state index is 0.473. The van der Waals surface area contributed by atoms with E-state index in [0.29, 0.717) is 23.6 Å². The molecule has 0 atom stereocenters. The van der Waals surface area contributed by atoms with Crippen molar-refractivity contribution in [3.63, 3.8) is 0 Å². The van der Waals surface area contributed by atoms with Crippen LogP contribution in [-0.2, 0) is 12.7 Å². The number of halogens is 3. The lowest BCUT2D eigenvalue weighted by Crippen LogP contribution is -2.07. The summed E-state index contributed by atoms with van der Waals surface area (Å²) in [6.45, 7) is 2.60. The quantitative estimate of drug-likeness (QED) is 0.785. The second kappa shape index (κ2) is 4.32. The molecule has 3 aromatic heterocycles. The molecule has 0 bridgehead atoms. The van der Waals surface area contributed by atoms with Gasteiger partial charge in [-0.05, 0) is 19.1 Å². The van der Waals surface area contributed by atoms with Gasteiger partial charge in [0.25, 0.3) is 0 Å². The number of alkyl halides is 3. The Morgan fingerprint density at radius 2 is 2.05 bits per heavy atom. The Morgan fingerprint density at radius 1 is 1.25 bits per heavy atom. The van der Waals surface area contributed by atoms with Crippen molar-refractivity contribution in [3.8, 4) is 11.4 Å². The van der Waals surface area contributed by atoms with E-state index < -0.39 is 11.9 Å². The smallest absolute Gasteiger partial charge is 0.335 e. The summed E-state index contributed by atoms with van der Waals surface area (Å²) in [6, 6.07) is 2.28. The van der Waals surface area contributed by atoms with Gasteiger partial charge in [-0.15, -0.1) is 0 Å². The summed E-state index contributed by atoms with van der Waals surface area (Å²) in [6.07, 6.45) is -1.65. The molecule has 20 heavy (non-hydrogen) atoms. The van der Waals surface area contributed by atoms with Crippen molar-refractivity contribution in [3.05, 3.63) is 30.2 Å². The molecule has 0 aliphatic carbocycles. The number of H-pyrrole nitrogens is 1. The summed E-state index contributed by atoms with van der Waals surface area (Å²) in [4.78, 5) is 10.8. The zero-order valence-electron chi connectivity index (χ0n) is 10.4. The van der Waals surface area contributed by atoms with Crippen molar-refractivity contribution in [1.82, 2.24) is 24.7 Å². The van der Waals surface area contributed by atoms with E-state index in [4.69, 9.17) is 0 Å². The van der Waals surface area contributed by atoms with Crippen LogP contribution in [0.4, 0.5) is 13.2 Å². The lowest BCUT2D eigenvalue weighted by Gasteiger charge is -2.05. The van der Waals surface area contributed by atoms with E-state index in [-0.39, 0.29) is 0 Å².